The van der Waals surface area contributed by atoms with Gasteiger partial charge in [0.05, 0.1) is 0 Å². The predicted molar refractivity (Wildman–Crippen MR) is 79.9 cm³/mol. The molecule has 0 saturated heterocycles. The Morgan fingerprint density at radius 3 is 2.18 bits per heavy atom. The van der Waals surface area contributed by atoms with Crippen molar-refractivity contribution in [2.75, 3.05) is 12.3 Å². The van der Waals surface area contributed by atoms with E-state index in [0.717, 1.165) is 12.3 Å². The third-order valence-corrected chi connectivity index (χ3v) is 3.89. The van der Waals surface area contributed by atoms with E-state index in [1.807, 2.05) is 11.8 Å². The second-order valence-electron chi connectivity index (χ2n) is 4.91. The first kappa shape index (κ1) is 14.6. The van der Waals surface area contributed by atoms with Crippen molar-refractivity contribution < 1.29 is 0 Å². The maximum absolute atomic E-state index is 3.59. The van der Waals surface area contributed by atoms with E-state index in [4.69, 9.17) is 0 Å². The molecule has 1 nitrogen and oxygen atoms in total. The predicted octanol–water partition coefficient (Wildman–Crippen LogP) is 4.10. The molecule has 1 unspecified atom stereocenters. The average Bonchev–Trinajstić information content (AvgIpc) is 2.22. The van der Waals surface area contributed by atoms with E-state index in [9.17, 15) is 0 Å². The first-order valence-corrected chi connectivity index (χ1v) is 7.51. The highest BCUT2D eigenvalue weighted by Crippen LogP contribution is 2.23. The van der Waals surface area contributed by atoms with Gasteiger partial charge in [-0.2, -0.15) is 11.8 Å². The van der Waals surface area contributed by atoms with Crippen LogP contribution in [0.15, 0.2) is 18.2 Å². The van der Waals surface area contributed by atoms with E-state index in [1.54, 1.807) is 0 Å². The Morgan fingerprint density at radius 2 is 1.71 bits per heavy atom. The molecule has 0 aliphatic heterocycles. The number of hydrogen-bond donors (Lipinski definition) is 1. The van der Waals surface area contributed by atoms with Gasteiger partial charge in [-0.1, -0.05) is 50.1 Å². The van der Waals surface area contributed by atoms with Crippen LogP contribution in [-0.4, -0.2) is 17.5 Å². The number of thioether (sulfide) groups is 1. The number of hydrogen-bond acceptors (Lipinski definition) is 2. The molecule has 17 heavy (non-hydrogen) atoms. The van der Waals surface area contributed by atoms with Gasteiger partial charge in [-0.15, -0.1) is 0 Å². The Kier molecular flexibility index (Phi) is 6.07. The summed E-state index contributed by atoms with van der Waals surface area (Å²) in [5.41, 5.74) is 4.15. The number of rotatable bonds is 6. The Balaban J connectivity index is 2.80. The molecule has 0 amide bonds. The molecule has 0 aromatic heterocycles. The van der Waals surface area contributed by atoms with Crippen molar-refractivity contribution in [2.24, 2.45) is 0 Å². The van der Waals surface area contributed by atoms with E-state index < -0.39 is 0 Å². The van der Waals surface area contributed by atoms with Gasteiger partial charge in [0.15, 0.2) is 0 Å². The van der Waals surface area contributed by atoms with Crippen molar-refractivity contribution in [2.45, 2.75) is 45.9 Å². The summed E-state index contributed by atoms with van der Waals surface area (Å²) in [5.74, 6) is 1.15. The zero-order chi connectivity index (χ0) is 12.8. The van der Waals surface area contributed by atoms with Gasteiger partial charge in [0.25, 0.3) is 0 Å². The first-order chi connectivity index (χ1) is 8.02. The highest BCUT2D eigenvalue weighted by atomic mass is 32.2. The maximum atomic E-state index is 3.59. The fourth-order valence-electron chi connectivity index (χ4n) is 2.02. The molecule has 0 spiro atoms. The Labute approximate surface area is 110 Å². The zero-order valence-electron chi connectivity index (χ0n) is 11.7. The lowest BCUT2D eigenvalue weighted by Crippen LogP contribution is -2.23. The second kappa shape index (κ2) is 7.07. The summed E-state index contributed by atoms with van der Waals surface area (Å²) in [7, 11) is 0. The molecule has 1 atom stereocenters. The molecule has 0 heterocycles. The topological polar surface area (TPSA) is 12.0 Å². The van der Waals surface area contributed by atoms with Crippen LogP contribution in [0, 0.1) is 13.8 Å². The van der Waals surface area contributed by atoms with Crippen molar-refractivity contribution in [3.05, 3.63) is 34.9 Å². The smallest absolute Gasteiger partial charge is 0.0412 e. The molecule has 1 aromatic carbocycles. The zero-order valence-corrected chi connectivity index (χ0v) is 12.5. The van der Waals surface area contributed by atoms with Crippen LogP contribution in [0.25, 0.3) is 0 Å². The lowest BCUT2D eigenvalue weighted by Gasteiger charge is -2.20. The Bertz CT molecular complexity index is 327. The lowest BCUT2D eigenvalue weighted by atomic mass is 10.0. The van der Waals surface area contributed by atoms with Gasteiger partial charge in [-0.3, -0.25) is 0 Å². The molecule has 0 aliphatic rings. The van der Waals surface area contributed by atoms with Crippen molar-refractivity contribution in [3.8, 4) is 0 Å². The Hall–Kier alpha value is -0.470. The van der Waals surface area contributed by atoms with Crippen molar-refractivity contribution in [3.63, 3.8) is 0 Å². The number of aryl methyl sites for hydroxylation is 2. The minimum atomic E-state index is 0.478. The van der Waals surface area contributed by atoms with Crippen LogP contribution >= 0.6 is 11.8 Å². The fourth-order valence-corrected chi connectivity index (χ4v) is 2.91. The standard InChI is InChI=1S/C15H25NS/c1-6-16-15(10-17-11(2)3)14-8-12(4)7-13(5)9-14/h7-9,11,15-16H,6,10H2,1-5H3. The molecule has 1 aromatic rings. The molecule has 1 N–H and O–H groups in total. The van der Waals surface area contributed by atoms with E-state index in [-0.39, 0.29) is 0 Å². The van der Waals surface area contributed by atoms with E-state index in [1.165, 1.54) is 16.7 Å². The van der Waals surface area contributed by atoms with E-state index >= 15 is 0 Å². The molecular formula is C15H25NS. The van der Waals surface area contributed by atoms with Crippen LogP contribution in [0.3, 0.4) is 0 Å². The lowest BCUT2D eigenvalue weighted by molar-refractivity contribution is 0.604. The minimum absolute atomic E-state index is 0.478. The molecular weight excluding hydrogens is 226 g/mol. The minimum Gasteiger partial charge on any atom is -0.310 e. The molecule has 0 fully saturated rings. The molecule has 1 rings (SSSR count). The van der Waals surface area contributed by atoms with Gasteiger partial charge in [-0.05, 0) is 31.2 Å². The first-order valence-electron chi connectivity index (χ1n) is 6.46. The van der Waals surface area contributed by atoms with Crippen LogP contribution in [0.4, 0.5) is 0 Å². The quantitative estimate of drug-likeness (QED) is 0.817. The van der Waals surface area contributed by atoms with Crippen LogP contribution in [0.2, 0.25) is 0 Å². The summed E-state index contributed by atoms with van der Waals surface area (Å²) < 4.78 is 0. The summed E-state index contributed by atoms with van der Waals surface area (Å²) in [5, 5.41) is 4.28. The van der Waals surface area contributed by atoms with E-state index in [2.05, 4.69) is 58.1 Å². The number of nitrogens with one attached hydrogen (secondary N) is 1. The molecule has 0 aliphatic carbocycles. The monoisotopic (exact) mass is 251 g/mol. The summed E-state index contributed by atoms with van der Waals surface area (Å²) in [6, 6.07) is 7.33. The second-order valence-corrected chi connectivity index (χ2v) is 6.52. The van der Waals surface area contributed by atoms with Gasteiger partial charge >= 0.3 is 0 Å². The number of benzene rings is 1. The summed E-state index contributed by atoms with van der Waals surface area (Å²) in [6.07, 6.45) is 0. The van der Waals surface area contributed by atoms with Gasteiger partial charge in [-0.25, -0.2) is 0 Å². The molecule has 0 saturated carbocycles. The SMILES string of the molecule is CCNC(CSC(C)C)c1cc(C)cc(C)c1. The van der Waals surface area contributed by atoms with Gasteiger partial charge < -0.3 is 5.32 Å². The normalized spacial score (nSPS) is 13.1. The van der Waals surface area contributed by atoms with Crippen LogP contribution in [-0.2, 0) is 0 Å². The maximum Gasteiger partial charge on any atom is 0.0412 e. The van der Waals surface area contributed by atoms with E-state index in [0.29, 0.717) is 11.3 Å². The van der Waals surface area contributed by atoms with Gasteiger partial charge in [0, 0.05) is 11.8 Å². The highest BCUT2D eigenvalue weighted by Gasteiger charge is 2.11. The third-order valence-electron chi connectivity index (χ3n) is 2.69. The summed E-state index contributed by atoms with van der Waals surface area (Å²) in [4.78, 5) is 0. The summed E-state index contributed by atoms with van der Waals surface area (Å²) in [6.45, 7) is 12.1. The van der Waals surface area contributed by atoms with Crippen LogP contribution < -0.4 is 5.32 Å². The van der Waals surface area contributed by atoms with Gasteiger partial charge in [0.1, 0.15) is 0 Å². The van der Waals surface area contributed by atoms with Crippen LogP contribution in [0.5, 0.6) is 0 Å². The average molecular weight is 251 g/mol. The molecule has 96 valence electrons. The van der Waals surface area contributed by atoms with Crippen molar-refractivity contribution in [1.29, 1.82) is 0 Å². The molecule has 2 heteroatoms. The molecule has 0 bridgehead atoms. The van der Waals surface area contributed by atoms with Gasteiger partial charge in [0.2, 0.25) is 0 Å². The summed E-state index contributed by atoms with van der Waals surface area (Å²) >= 11 is 2.02. The molecule has 0 radical (unpaired) electrons. The van der Waals surface area contributed by atoms with Crippen molar-refractivity contribution >= 4 is 11.8 Å². The highest BCUT2D eigenvalue weighted by molar-refractivity contribution is 7.99. The Morgan fingerprint density at radius 1 is 1.12 bits per heavy atom. The fraction of sp³-hybridized carbons (Fsp3) is 0.600. The largest absolute Gasteiger partial charge is 0.310 e. The van der Waals surface area contributed by atoms with Crippen LogP contribution in [0.1, 0.15) is 43.5 Å². The van der Waals surface area contributed by atoms with Crippen molar-refractivity contribution in [1.82, 2.24) is 5.32 Å². The third kappa shape index (κ3) is 5.13.